The Morgan fingerprint density at radius 1 is 1.00 bits per heavy atom. The Kier molecular flexibility index (Phi) is 12.8. The highest BCUT2D eigenvalue weighted by molar-refractivity contribution is 5.80. The normalized spacial score (nSPS) is 15.5. The Labute approximate surface area is 205 Å². The van der Waals surface area contributed by atoms with E-state index in [0.29, 0.717) is 18.9 Å². The SMILES string of the molecule is COC(=O)[C@H](COC[C@H](Cc1ccc(C)cc1)[C@@H](OCC(C)C)[C@H](C)O)CC(=O)OC(C)(C)C. The number of rotatable bonds is 14. The topological polar surface area (TPSA) is 91.3 Å². The third-order valence-corrected chi connectivity index (χ3v) is 5.20. The smallest absolute Gasteiger partial charge is 0.311 e. The Bertz CT molecular complexity index is 734. The number of aliphatic hydroxyl groups excluding tert-OH is 1. The number of carbonyl (C=O) groups excluding carboxylic acids is 2. The zero-order chi connectivity index (χ0) is 25.9. The van der Waals surface area contributed by atoms with Crippen molar-refractivity contribution in [2.45, 2.75) is 79.1 Å². The van der Waals surface area contributed by atoms with Crippen molar-refractivity contribution in [1.29, 1.82) is 0 Å². The van der Waals surface area contributed by atoms with Gasteiger partial charge in [0, 0.05) is 12.5 Å². The van der Waals surface area contributed by atoms with Crippen LogP contribution in [-0.4, -0.2) is 61.8 Å². The van der Waals surface area contributed by atoms with Gasteiger partial charge in [0.15, 0.2) is 0 Å². The molecular weight excluding hydrogens is 436 g/mol. The highest BCUT2D eigenvalue weighted by Crippen LogP contribution is 2.21. The molecule has 0 radical (unpaired) electrons. The van der Waals surface area contributed by atoms with Gasteiger partial charge in [0.25, 0.3) is 0 Å². The monoisotopic (exact) mass is 480 g/mol. The summed E-state index contributed by atoms with van der Waals surface area (Å²) in [6.45, 7) is 14.0. The Hall–Kier alpha value is -1.96. The number of carbonyl (C=O) groups is 2. The van der Waals surface area contributed by atoms with Crippen LogP contribution in [0, 0.1) is 24.7 Å². The summed E-state index contributed by atoms with van der Waals surface area (Å²) in [5.74, 6) is -1.61. The predicted octanol–water partition coefficient (Wildman–Crippen LogP) is 4.11. The maximum absolute atomic E-state index is 12.3. The average molecular weight is 481 g/mol. The molecule has 0 aromatic heterocycles. The third kappa shape index (κ3) is 12.0. The van der Waals surface area contributed by atoms with Gasteiger partial charge in [-0.2, -0.15) is 0 Å². The highest BCUT2D eigenvalue weighted by atomic mass is 16.6. The Balaban J connectivity index is 2.93. The van der Waals surface area contributed by atoms with Gasteiger partial charge in [-0.25, -0.2) is 0 Å². The number of hydrogen-bond donors (Lipinski definition) is 1. The molecule has 194 valence electrons. The first kappa shape index (κ1) is 30.1. The van der Waals surface area contributed by atoms with E-state index in [0.717, 1.165) is 5.56 Å². The molecule has 0 aliphatic rings. The van der Waals surface area contributed by atoms with Gasteiger partial charge in [-0.05, 0) is 52.5 Å². The summed E-state index contributed by atoms with van der Waals surface area (Å²) in [5.41, 5.74) is 1.63. The molecule has 7 heteroatoms. The van der Waals surface area contributed by atoms with E-state index in [4.69, 9.17) is 18.9 Å². The van der Waals surface area contributed by atoms with E-state index in [9.17, 15) is 14.7 Å². The molecule has 0 saturated heterocycles. The maximum Gasteiger partial charge on any atom is 0.311 e. The van der Waals surface area contributed by atoms with Crippen LogP contribution >= 0.6 is 0 Å². The zero-order valence-electron chi connectivity index (χ0n) is 22.1. The fraction of sp³-hybridized carbons (Fsp3) is 0.704. The summed E-state index contributed by atoms with van der Waals surface area (Å²) >= 11 is 0. The Morgan fingerprint density at radius 2 is 1.62 bits per heavy atom. The van der Waals surface area contributed by atoms with E-state index in [1.807, 2.05) is 19.1 Å². The van der Waals surface area contributed by atoms with E-state index >= 15 is 0 Å². The zero-order valence-corrected chi connectivity index (χ0v) is 22.1. The first-order valence-corrected chi connectivity index (χ1v) is 12.0. The van der Waals surface area contributed by atoms with E-state index in [-0.39, 0.29) is 25.6 Å². The van der Waals surface area contributed by atoms with Crippen LogP contribution in [0.2, 0.25) is 0 Å². The molecule has 1 N–H and O–H groups in total. The van der Waals surface area contributed by atoms with Gasteiger partial charge in [0.05, 0.1) is 44.9 Å². The van der Waals surface area contributed by atoms with Crippen molar-refractivity contribution in [2.24, 2.45) is 17.8 Å². The highest BCUT2D eigenvalue weighted by Gasteiger charge is 2.30. The molecule has 0 saturated carbocycles. The second-order valence-corrected chi connectivity index (χ2v) is 10.4. The summed E-state index contributed by atoms with van der Waals surface area (Å²) in [6, 6.07) is 8.22. The molecular formula is C27H44O7. The van der Waals surface area contributed by atoms with Crippen LogP contribution in [0.5, 0.6) is 0 Å². The lowest BCUT2D eigenvalue weighted by Crippen LogP contribution is -2.39. The maximum atomic E-state index is 12.3. The number of hydrogen-bond acceptors (Lipinski definition) is 7. The van der Waals surface area contributed by atoms with Gasteiger partial charge in [0.1, 0.15) is 5.60 Å². The van der Waals surface area contributed by atoms with E-state index in [2.05, 4.69) is 26.0 Å². The lowest BCUT2D eigenvalue weighted by atomic mass is 9.91. The third-order valence-electron chi connectivity index (χ3n) is 5.20. The van der Waals surface area contributed by atoms with Crippen molar-refractivity contribution >= 4 is 11.9 Å². The molecule has 1 rings (SSSR count). The summed E-state index contributed by atoms with van der Waals surface area (Å²) in [5, 5.41) is 10.5. The van der Waals surface area contributed by atoms with Gasteiger partial charge in [-0.15, -0.1) is 0 Å². The van der Waals surface area contributed by atoms with Crippen LogP contribution in [0.25, 0.3) is 0 Å². The van der Waals surface area contributed by atoms with Crippen molar-refractivity contribution < 1.29 is 33.6 Å². The van der Waals surface area contributed by atoms with Crippen LogP contribution in [0.3, 0.4) is 0 Å². The predicted molar refractivity (Wildman–Crippen MR) is 131 cm³/mol. The van der Waals surface area contributed by atoms with Crippen molar-refractivity contribution in [2.75, 3.05) is 26.9 Å². The summed E-state index contributed by atoms with van der Waals surface area (Å²) < 4.78 is 22.2. The molecule has 0 aliphatic carbocycles. The van der Waals surface area contributed by atoms with Crippen molar-refractivity contribution in [3.05, 3.63) is 35.4 Å². The lowest BCUT2D eigenvalue weighted by Gasteiger charge is -2.31. The minimum Gasteiger partial charge on any atom is -0.469 e. The van der Waals surface area contributed by atoms with Gasteiger partial charge in [-0.1, -0.05) is 43.7 Å². The molecule has 0 spiro atoms. The fourth-order valence-electron chi connectivity index (χ4n) is 3.59. The van der Waals surface area contributed by atoms with Gasteiger partial charge in [0.2, 0.25) is 0 Å². The quantitative estimate of drug-likeness (QED) is 0.401. The molecule has 0 fully saturated rings. The van der Waals surface area contributed by atoms with Crippen LogP contribution in [0.15, 0.2) is 24.3 Å². The molecule has 0 bridgehead atoms. The minimum absolute atomic E-state index is 0.00697. The molecule has 34 heavy (non-hydrogen) atoms. The van der Waals surface area contributed by atoms with Crippen LogP contribution < -0.4 is 0 Å². The van der Waals surface area contributed by atoms with Gasteiger partial charge >= 0.3 is 11.9 Å². The second kappa shape index (κ2) is 14.4. The van der Waals surface area contributed by atoms with Crippen LogP contribution in [-0.2, 0) is 35.0 Å². The molecule has 0 amide bonds. The van der Waals surface area contributed by atoms with Crippen molar-refractivity contribution in [3.8, 4) is 0 Å². The number of aryl methyl sites for hydroxylation is 1. The number of esters is 2. The molecule has 0 unspecified atom stereocenters. The van der Waals surface area contributed by atoms with Gasteiger partial charge in [-0.3, -0.25) is 9.59 Å². The minimum atomic E-state index is -0.776. The first-order chi connectivity index (χ1) is 15.8. The first-order valence-electron chi connectivity index (χ1n) is 12.0. The number of ether oxygens (including phenoxy) is 4. The fourth-order valence-corrected chi connectivity index (χ4v) is 3.59. The summed E-state index contributed by atoms with van der Waals surface area (Å²) in [7, 11) is 1.29. The molecule has 0 aliphatic heterocycles. The molecule has 4 atom stereocenters. The van der Waals surface area contributed by atoms with Crippen LogP contribution in [0.4, 0.5) is 0 Å². The molecule has 0 heterocycles. The number of methoxy groups -OCH3 is 1. The van der Waals surface area contributed by atoms with Crippen molar-refractivity contribution in [3.63, 3.8) is 0 Å². The van der Waals surface area contributed by atoms with E-state index < -0.39 is 35.7 Å². The van der Waals surface area contributed by atoms with Gasteiger partial charge < -0.3 is 24.1 Å². The van der Waals surface area contributed by atoms with Crippen LogP contribution in [0.1, 0.15) is 59.1 Å². The lowest BCUT2D eigenvalue weighted by molar-refractivity contribution is -0.162. The average Bonchev–Trinajstić information content (AvgIpc) is 2.72. The standard InChI is InChI=1S/C27H44O7/c1-18(2)15-33-25(20(4)28)22(13-21-11-9-19(3)10-12-21)16-32-17-23(26(30)31-8)14-24(29)34-27(5,6)7/h9-12,18,20,22-23,25,28H,13-17H2,1-8H3/t20-,22-,23-,25-/m0/s1. The second-order valence-electron chi connectivity index (χ2n) is 10.4. The molecule has 7 nitrogen and oxygen atoms in total. The van der Waals surface area contributed by atoms with Crippen molar-refractivity contribution in [1.82, 2.24) is 0 Å². The molecule has 1 aromatic rings. The largest absolute Gasteiger partial charge is 0.469 e. The van der Waals surface area contributed by atoms with E-state index in [1.54, 1.807) is 27.7 Å². The number of benzene rings is 1. The Morgan fingerprint density at radius 3 is 2.12 bits per heavy atom. The molecule has 1 aromatic carbocycles. The summed E-state index contributed by atoms with van der Waals surface area (Å²) in [6.07, 6.45) is -0.624. The van der Waals surface area contributed by atoms with E-state index in [1.165, 1.54) is 12.7 Å². The number of aliphatic hydroxyl groups is 1. The summed E-state index contributed by atoms with van der Waals surface area (Å²) in [4.78, 5) is 24.5.